The zero-order chi connectivity index (χ0) is 9.42. The molecule has 2 N–H and O–H groups in total. The highest BCUT2D eigenvalue weighted by molar-refractivity contribution is 7.19. The zero-order valence-corrected chi connectivity index (χ0v) is 8.06. The maximum absolute atomic E-state index is 9.50. The van der Waals surface area contributed by atoms with Crippen molar-refractivity contribution in [3.63, 3.8) is 0 Å². The molecule has 2 rings (SSSR count). The topological polar surface area (TPSA) is 40.5 Å². The molecule has 0 amide bonds. The van der Waals surface area contributed by atoms with Crippen molar-refractivity contribution in [3.05, 3.63) is 23.1 Å². The van der Waals surface area contributed by atoms with E-state index in [2.05, 4.69) is 6.92 Å². The molecule has 68 valence electrons. The average Bonchev–Trinajstić information content (AvgIpc) is 2.56. The van der Waals surface area contributed by atoms with Crippen molar-refractivity contribution in [2.75, 3.05) is 0 Å². The summed E-state index contributed by atoms with van der Waals surface area (Å²) in [6.07, 6.45) is 0.929. The predicted octanol–water partition coefficient (Wildman–Crippen LogP) is 2.87. The Balaban J connectivity index is 2.80. The van der Waals surface area contributed by atoms with E-state index in [-0.39, 0.29) is 11.5 Å². The second-order valence-corrected chi connectivity index (χ2v) is 4.05. The molecule has 0 saturated carbocycles. The SMILES string of the molecule is CCc1cc2c(O)ccc(O)c2s1. The first-order valence-corrected chi connectivity index (χ1v) is 4.97. The number of phenolic OH excluding ortho intramolecular Hbond substituents is 2. The van der Waals surface area contributed by atoms with Crippen LogP contribution in [0.1, 0.15) is 11.8 Å². The lowest BCUT2D eigenvalue weighted by Crippen LogP contribution is -1.67. The van der Waals surface area contributed by atoms with E-state index in [1.54, 1.807) is 0 Å². The third-order valence-corrected chi connectivity index (χ3v) is 3.34. The van der Waals surface area contributed by atoms with Gasteiger partial charge in [-0.3, -0.25) is 0 Å². The van der Waals surface area contributed by atoms with Crippen molar-refractivity contribution in [1.82, 2.24) is 0 Å². The van der Waals surface area contributed by atoms with Gasteiger partial charge in [-0.1, -0.05) is 6.92 Å². The van der Waals surface area contributed by atoms with Gasteiger partial charge in [-0.25, -0.2) is 0 Å². The molecule has 0 atom stereocenters. The Morgan fingerprint density at radius 3 is 2.54 bits per heavy atom. The van der Waals surface area contributed by atoms with Gasteiger partial charge < -0.3 is 10.2 Å². The third-order valence-electron chi connectivity index (χ3n) is 2.04. The second kappa shape index (κ2) is 2.92. The molecule has 0 unspecified atom stereocenters. The summed E-state index contributed by atoms with van der Waals surface area (Å²) in [5.74, 6) is 0.487. The Morgan fingerprint density at radius 2 is 1.92 bits per heavy atom. The van der Waals surface area contributed by atoms with E-state index in [1.165, 1.54) is 28.3 Å². The van der Waals surface area contributed by atoms with Crippen LogP contribution in [0.3, 0.4) is 0 Å². The lowest BCUT2D eigenvalue weighted by molar-refractivity contribution is 0.470. The Hall–Kier alpha value is -1.22. The molecule has 13 heavy (non-hydrogen) atoms. The lowest BCUT2D eigenvalue weighted by atomic mass is 10.2. The summed E-state index contributed by atoms with van der Waals surface area (Å²) in [5, 5.41) is 19.8. The summed E-state index contributed by atoms with van der Waals surface area (Å²) in [6.45, 7) is 2.05. The van der Waals surface area contributed by atoms with Crippen molar-refractivity contribution >= 4 is 21.4 Å². The number of aromatic hydroxyl groups is 2. The van der Waals surface area contributed by atoms with Gasteiger partial charge in [-0.15, -0.1) is 11.3 Å². The normalized spacial score (nSPS) is 10.8. The molecule has 1 aromatic carbocycles. The van der Waals surface area contributed by atoms with Gasteiger partial charge >= 0.3 is 0 Å². The Morgan fingerprint density at radius 1 is 1.23 bits per heavy atom. The Labute approximate surface area is 80.1 Å². The fraction of sp³-hybridized carbons (Fsp3) is 0.200. The van der Waals surface area contributed by atoms with Crippen LogP contribution in [0.25, 0.3) is 10.1 Å². The Kier molecular flexibility index (Phi) is 1.88. The smallest absolute Gasteiger partial charge is 0.133 e. The summed E-state index contributed by atoms with van der Waals surface area (Å²) in [5.41, 5.74) is 0. The first-order chi connectivity index (χ1) is 6.22. The molecule has 3 heteroatoms. The minimum atomic E-state index is 0.240. The van der Waals surface area contributed by atoms with Crippen molar-refractivity contribution < 1.29 is 10.2 Å². The average molecular weight is 194 g/mol. The monoisotopic (exact) mass is 194 g/mol. The number of thiophene rings is 1. The molecule has 1 heterocycles. The Bertz CT molecular complexity index is 406. The highest BCUT2D eigenvalue weighted by Crippen LogP contribution is 2.38. The van der Waals surface area contributed by atoms with E-state index in [0.717, 1.165) is 16.5 Å². The van der Waals surface area contributed by atoms with Crippen molar-refractivity contribution in [3.8, 4) is 11.5 Å². The fourth-order valence-corrected chi connectivity index (χ4v) is 2.35. The number of benzene rings is 1. The molecule has 0 spiro atoms. The van der Waals surface area contributed by atoms with E-state index < -0.39 is 0 Å². The molecule has 0 aliphatic carbocycles. The van der Waals surface area contributed by atoms with Gasteiger partial charge in [0, 0.05) is 10.3 Å². The van der Waals surface area contributed by atoms with Crippen LogP contribution in [0.5, 0.6) is 11.5 Å². The molecular formula is C10H10O2S. The first-order valence-electron chi connectivity index (χ1n) is 4.15. The van der Waals surface area contributed by atoms with Gasteiger partial charge in [0.05, 0.1) is 4.70 Å². The number of hydrogen-bond acceptors (Lipinski definition) is 3. The maximum Gasteiger partial charge on any atom is 0.133 e. The fourth-order valence-electron chi connectivity index (χ4n) is 1.32. The van der Waals surface area contributed by atoms with Gasteiger partial charge in [-0.05, 0) is 24.6 Å². The van der Waals surface area contributed by atoms with Gasteiger partial charge in [0.1, 0.15) is 11.5 Å². The van der Waals surface area contributed by atoms with E-state index >= 15 is 0 Å². The van der Waals surface area contributed by atoms with Crippen LogP contribution in [0, 0.1) is 0 Å². The molecule has 0 bridgehead atoms. The van der Waals surface area contributed by atoms with Crippen LogP contribution in [0.2, 0.25) is 0 Å². The highest BCUT2D eigenvalue weighted by Gasteiger charge is 2.08. The van der Waals surface area contributed by atoms with Gasteiger partial charge in [0.15, 0.2) is 0 Å². The van der Waals surface area contributed by atoms with Crippen LogP contribution in [-0.4, -0.2) is 10.2 Å². The van der Waals surface area contributed by atoms with Crippen LogP contribution < -0.4 is 0 Å². The van der Waals surface area contributed by atoms with Crippen molar-refractivity contribution in [1.29, 1.82) is 0 Å². The summed E-state index contributed by atoms with van der Waals surface area (Å²) in [4.78, 5) is 1.17. The number of rotatable bonds is 1. The standard InChI is InChI=1S/C10H10O2S/c1-2-6-5-7-8(11)3-4-9(12)10(7)13-6/h3-5,11-12H,2H2,1H3. The largest absolute Gasteiger partial charge is 0.507 e. The van der Waals surface area contributed by atoms with E-state index in [1.807, 2.05) is 6.07 Å². The van der Waals surface area contributed by atoms with E-state index in [9.17, 15) is 10.2 Å². The summed E-state index contributed by atoms with van der Waals surface area (Å²) in [6, 6.07) is 4.96. The van der Waals surface area contributed by atoms with Crippen LogP contribution >= 0.6 is 11.3 Å². The summed E-state index contributed by atoms with van der Waals surface area (Å²) in [7, 11) is 0. The minimum Gasteiger partial charge on any atom is -0.507 e. The molecule has 0 aliphatic rings. The summed E-state index contributed by atoms with van der Waals surface area (Å²) >= 11 is 1.53. The molecule has 2 nitrogen and oxygen atoms in total. The molecule has 0 fully saturated rings. The van der Waals surface area contributed by atoms with Crippen molar-refractivity contribution in [2.24, 2.45) is 0 Å². The molecule has 0 aliphatic heterocycles. The van der Waals surface area contributed by atoms with Gasteiger partial charge in [-0.2, -0.15) is 0 Å². The van der Waals surface area contributed by atoms with Gasteiger partial charge in [0.25, 0.3) is 0 Å². The second-order valence-electron chi connectivity index (χ2n) is 2.91. The first kappa shape index (κ1) is 8.38. The number of phenols is 2. The van der Waals surface area contributed by atoms with E-state index in [0.29, 0.717) is 0 Å². The highest BCUT2D eigenvalue weighted by atomic mass is 32.1. The predicted molar refractivity (Wildman–Crippen MR) is 54.5 cm³/mol. The van der Waals surface area contributed by atoms with E-state index in [4.69, 9.17) is 0 Å². The van der Waals surface area contributed by atoms with Gasteiger partial charge in [0.2, 0.25) is 0 Å². The van der Waals surface area contributed by atoms with Crippen LogP contribution in [0.4, 0.5) is 0 Å². The molecule has 1 aromatic heterocycles. The molecule has 0 saturated heterocycles. The summed E-state index contributed by atoms with van der Waals surface area (Å²) < 4.78 is 0.775. The molecule has 2 aromatic rings. The quantitative estimate of drug-likeness (QED) is 0.685. The molecule has 0 radical (unpaired) electrons. The lowest BCUT2D eigenvalue weighted by Gasteiger charge is -1.95. The maximum atomic E-state index is 9.50. The number of hydrogen-bond donors (Lipinski definition) is 2. The number of fused-ring (bicyclic) bond motifs is 1. The van der Waals surface area contributed by atoms with Crippen molar-refractivity contribution in [2.45, 2.75) is 13.3 Å². The number of aryl methyl sites for hydroxylation is 1. The third kappa shape index (κ3) is 1.25. The van der Waals surface area contributed by atoms with Crippen LogP contribution in [-0.2, 0) is 6.42 Å². The van der Waals surface area contributed by atoms with Crippen LogP contribution in [0.15, 0.2) is 18.2 Å². The zero-order valence-electron chi connectivity index (χ0n) is 7.24. The minimum absolute atomic E-state index is 0.240. The molecular weight excluding hydrogens is 184 g/mol.